The van der Waals surface area contributed by atoms with Gasteiger partial charge >= 0.3 is 0 Å². The van der Waals surface area contributed by atoms with Crippen LogP contribution in [0.4, 0.5) is 4.39 Å². The van der Waals surface area contributed by atoms with Crippen LogP contribution in [0.25, 0.3) is 11.0 Å². The molecule has 1 aromatic heterocycles. The second-order valence-corrected chi connectivity index (χ2v) is 5.84. The summed E-state index contributed by atoms with van der Waals surface area (Å²) in [5, 5.41) is 0.371. The number of amides is 1. The molecule has 3 aromatic rings. The summed E-state index contributed by atoms with van der Waals surface area (Å²) in [7, 11) is 0. The van der Waals surface area contributed by atoms with Gasteiger partial charge in [0.1, 0.15) is 11.4 Å². The molecule has 25 heavy (non-hydrogen) atoms. The van der Waals surface area contributed by atoms with Crippen LogP contribution in [-0.4, -0.2) is 17.4 Å². The monoisotopic (exact) mass is 335 g/mol. The minimum Gasteiger partial charge on any atom is -0.450 e. The fraction of sp³-hybridized carbons (Fsp3) is 0.100. The number of halogens is 1. The van der Waals surface area contributed by atoms with Crippen molar-refractivity contribution in [1.29, 1.82) is 0 Å². The lowest BCUT2D eigenvalue weighted by atomic mass is 9.98. The number of carbonyl (C=O) groups excluding carboxylic acids is 1. The Morgan fingerprint density at radius 1 is 1.12 bits per heavy atom. The van der Waals surface area contributed by atoms with Gasteiger partial charge < -0.3 is 9.32 Å². The number of rotatable bonds is 3. The van der Waals surface area contributed by atoms with Crippen molar-refractivity contribution in [3.8, 4) is 0 Å². The summed E-state index contributed by atoms with van der Waals surface area (Å²) in [4.78, 5) is 27.2. The summed E-state index contributed by atoms with van der Waals surface area (Å²) < 4.78 is 20.1. The van der Waals surface area contributed by atoms with Crippen molar-refractivity contribution in [1.82, 2.24) is 4.90 Å². The third-order valence-electron chi connectivity index (χ3n) is 4.40. The second kappa shape index (κ2) is 5.70. The normalized spacial score (nSPS) is 16.3. The van der Waals surface area contributed by atoms with Gasteiger partial charge in [0, 0.05) is 12.1 Å². The molecule has 1 aliphatic heterocycles. The van der Waals surface area contributed by atoms with E-state index in [9.17, 15) is 14.0 Å². The van der Waals surface area contributed by atoms with Gasteiger partial charge in [-0.3, -0.25) is 9.59 Å². The van der Waals surface area contributed by atoms with Crippen molar-refractivity contribution >= 4 is 16.9 Å². The molecule has 1 atom stereocenters. The van der Waals surface area contributed by atoms with Gasteiger partial charge in [-0.05, 0) is 18.2 Å². The minimum absolute atomic E-state index is 0.0289. The van der Waals surface area contributed by atoms with Gasteiger partial charge in [0.25, 0.3) is 5.91 Å². The molecular weight excluding hydrogens is 321 g/mol. The molecule has 0 radical (unpaired) electrons. The van der Waals surface area contributed by atoms with Crippen LogP contribution in [0.1, 0.15) is 27.7 Å². The molecule has 1 unspecified atom stereocenters. The first-order valence-corrected chi connectivity index (χ1v) is 7.85. The molecular formula is C20H14FNO3. The number of fused-ring (bicyclic) bond motifs is 2. The van der Waals surface area contributed by atoms with Crippen molar-refractivity contribution in [2.45, 2.75) is 6.04 Å². The van der Waals surface area contributed by atoms with Gasteiger partial charge in [-0.1, -0.05) is 36.4 Å². The number of nitrogens with zero attached hydrogens (tertiary/aromatic N) is 1. The average molecular weight is 335 g/mol. The van der Waals surface area contributed by atoms with Crippen LogP contribution in [0.2, 0.25) is 0 Å². The first kappa shape index (κ1) is 15.3. The van der Waals surface area contributed by atoms with E-state index >= 15 is 0 Å². The van der Waals surface area contributed by atoms with Crippen LogP contribution in [0.15, 0.2) is 70.4 Å². The molecule has 1 amide bonds. The summed E-state index contributed by atoms with van der Waals surface area (Å²) in [6, 6.07) is 12.0. The van der Waals surface area contributed by atoms with Crippen molar-refractivity contribution < 1.29 is 13.6 Å². The molecule has 0 aliphatic carbocycles. The number of para-hydroxylation sites is 1. The third-order valence-corrected chi connectivity index (χ3v) is 4.40. The summed E-state index contributed by atoms with van der Waals surface area (Å²) in [6.45, 7) is 3.83. The maximum absolute atomic E-state index is 14.4. The largest absolute Gasteiger partial charge is 0.450 e. The van der Waals surface area contributed by atoms with Gasteiger partial charge in [-0.2, -0.15) is 0 Å². The van der Waals surface area contributed by atoms with Crippen LogP contribution < -0.4 is 5.43 Å². The zero-order valence-electron chi connectivity index (χ0n) is 13.2. The SMILES string of the molecule is C=CCN1C(=O)c2oc3ccccc3c(=O)c2C1c1ccccc1F. The number of hydrogen-bond acceptors (Lipinski definition) is 3. The smallest absolute Gasteiger partial charge is 0.291 e. The Morgan fingerprint density at radius 2 is 1.84 bits per heavy atom. The van der Waals surface area contributed by atoms with Crippen molar-refractivity contribution in [3.05, 3.63) is 94.1 Å². The molecule has 0 spiro atoms. The Morgan fingerprint density at radius 3 is 2.60 bits per heavy atom. The van der Waals surface area contributed by atoms with E-state index < -0.39 is 17.8 Å². The van der Waals surface area contributed by atoms with Crippen LogP contribution in [-0.2, 0) is 0 Å². The van der Waals surface area contributed by atoms with E-state index in [0.29, 0.717) is 11.0 Å². The molecule has 2 heterocycles. The molecule has 4 nitrogen and oxygen atoms in total. The predicted octanol–water partition coefficient (Wildman–Crippen LogP) is 3.66. The quantitative estimate of drug-likeness (QED) is 0.686. The average Bonchev–Trinajstić information content (AvgIpc) is 2.89. The molecule has 0 bridgehead atoms. The molecule has 4 rings (SSSR count). The second-order valence-electron chi connectivity index (χ2n) is 5.84. The molecule has 124 valence electrons. The van der Waals surface area contributed by atoms with E-state index in [-0.39, 0.29) is 28.9 Å². The Hall–Kier alpha value is -3.21. The summed E-state index contributed by atoms with van der Waals surface area (Å²) in [5.74, 6) is -0.945. The molecule has 5 heteroatoms. The van der Waals surface area contributed by atoms with Crippen LogP contribution in [0, 0.1) is 5.82 Å². The Bertz CT molecular complexity index is 1070. The van der Waals surface area contributed by atoms with Gasteiger partial charge in [0.2, 0.25) is 5.76 Å². The third kappa shape index (κ3) is 2.20. The van der Waals surface area contributed by atoms with E-state index in [1.165, 1.54) is 11.0 Å². The Kier molecular flexibility index (Phi) is 3.50. The maximum atomic E-state index is 14.4. The van der Waals surface area contributed by atoms with Gasteiger partial charge in [0.05, 0.1) is 17.0 Å². The van der Waals surface area contributed by atoms with Crippen molar-refractivity contribution in [3.63, 3.8) is 0 Å². The number of benzene rings is 2. The highest BCUT2D eigenvalue weighted by atomic mass is 19.1. The fourth-order valence-electron chi connectivity index (χ4n) is 3.31. The lowest BCUT2D eigenvalue weighted by molar-refractivity contribution is 0.0746. The Balaban J connectivity index is 2.06. The standard InChI is InChI=1S/C20H14FNO3/c1-2-11-22-17(12-7-3-5-9-14(12)21)16-18(23)13-8-4-6-10-15(13)25-19(16)20(22)24/h2-10,17H,1,11H2. The summed E-state index contributed by atoms with van der Waals surface area (Å²) >= 11 is 0. The molecule has 0 saturated heterocycles. The van der Waals surface area contributed by atoms with Gasteiger partial charge in [-0.25, -0.2) is 4.39 Å². The molecule has 0 saturated carbocycles. The first-order valence-electron chi connectivity index (χ1n) is 7.85. The lowest BCUT2D eigenvalue weighted by Crippen LogP contribution is -2.30. The summed E-state index contributed by atoms with van der Waals surface area (Å²) in [6.07, 6.45) is 1.54. The lowest BCUT2D eigenvalue weighted by Gasteiger charge is -2.24. The van der Waals surface area contributed by atoms with Crippen LogP contribution >= 0.6 is 0 Å². The van der Waals surface area contributed by atoms with E-state index in [4.69, 9.17) is 4.42 Å². The van der Waals surface area contributed by atoms with Crippen LogP contribution in [0.3, 0.4) is 0 Å². The van der Waals surface area contributed by atoms with Crippen molar-refractivity contribution in [2.75, 3.05) is 6.54 Å². The predicted molar refractivity (Wildman–Crippen MR) is 92.0 cm³/mol. The van der Waals surface area contributed by atoms with E-state index in [0.717, 1.165) is 0 Å². The van der Waals surface area contributed by atoms with E-state index in [2.05, 4.69) is 6.58 Å². The number of carbonyl (C=O) groups is 1. The van der Waals surface area contributed by atoms with Crippen molar-refractivity contribution in [2.24, 2.45) is 0 Å². The van der Waals surface area contributed by atoms with E-state index in [1.807, 2.05) is 0 Å². The molecule has 0 N–H and O–H groups in total. The molecule has 1 aliphatic rings. The fourth-order valence-corrected chi connectivity index (χ4v) is 3.31. The highest BCUT2D eigenvalue weighted by Gasteiger charge is 2.43. The topological polar surface area (TPSA) is 50.5 Å². The highest BCUT2D eigenvalue weighted by molar-refractivity contribution is 5.99. The summed E-state index contributed by atoms with van der Waals surface area (Å²) in [5.41, 5.74) is 0.465. The highest BCUT2D eigenvalue weighted by Crippen LogP contribution is 2.38. The zero-order chi connectivity index (χ0) is 17.6. The van der Waals surface area contributed by atoms with Gasteiger partial charge in [0.15, 0.2) is 5.43 Å². The van der Waals surface area contributed by atoms with Crippen LogP contribution in [0.5, 0.6) is 0 Å². The molecule has 0 fully saturated rings. The first-order chi connectivity index (χ1) is 12.1. The maximum Gasteiger partial charge on any atom is 0.291 e. The number of hydrogen-bond donors (Lipinski definition) is 0. The van der Waals surface area contributed by atoms with E-state index in [1.54, 1.807) is 48.5 Å². The Labute approximate surface area is 142 Å². The zero-order valence-corrected chi connectivity index (χ0v) is 13.2. The molecule has 2 aromatic carbocycles. The minimum atomic E-state index is -0.831. The van der Waals surface area contributed by atoms with Gasteiger partial charge in [-0.15, -0.1) is 6.58 Å².